The van der Waals surface area contributed by atoms with Crippen LogP contribution in [-0.2, 0) is 6.54 Å². The van der Waals surface area contributed by atoms with Crippen LogP contribution in [0.3, 0.4) is 0 Å². The highest BCUT2D eigenvalue weighted by Crippen LogP contribution is 2.32. The molecule has 0 spiro atoms. The maximum absolute atomic E-state index is 13.7. The highest BCUT2D eigenvalue weighted by atomic mass is 35.5. The summed E-state index contributed by atoms with van der Waals surface area (Å²) in [6, 6.07) is 12.7. The highest BCUT2D eigenvalue weighted by molar-refractivity contribution is 7.99. The quantitative estimate of drug-likeness (QED) is 0.894. The summed E-state index contributed by atoms with van der Waals surface area (Å²) in [6.07, 6.45) is 0. The topological polar surface area (TPSA) is 12.0 Å². The first-order valence-electron chi connectivity index (χ1n) is 5.56. The molecule has 0 amide bonds. The molecule has 0 radical (unpaired) electrons. The Morgan fingerprint density at radius 3 is 2.72 bits per heavy atom. The Morgan fingerprint density at radius 2 is 2.00 bits per heavy atom. The largest absolute Gasteiger partial charge is 0.316 e. The Morgan fingerprint density at radius 1 is 1.22 bits per heavy atom. The zero-order chi connectivity index (χ0) is 13.0. The summed E-state index contributed by atoms with van der Waals surface area (Å²) in [4.78, 5) is 1.91. The standard InChI is InChI=1S/C14H13ClFNS/c1-17-9-12-13(16)6-3-7-14(12)18-11-5-2-4-10(15)8-11/h2-8,17H,9H2,1H3. The van der Waals surface area contributed by atoms with Crippen LogP contribution >= 0.6 is 23.4 Å². The highest BCUT2D eigenvalue weighted by Gasteiger charge is 2.09. The van der Waals surface area contributed by atoms with E-state index < -0.39 is 0 Å². The Labute approximate surface area is 115 Å². The Kier molecular flexibility index (Phi) is 4.64. The van der Waals surface area contributed by atoms with Gasteiger partial charge in [-0.05, 0) is 37.4 Å². The minimum Gasteiger partial charge on any atom is -0.316 e. The lowest BCUT2D eigenvalue weighted by molar-refractivity contribution is 0.594. The Bertz CT molecular complexity index is 545. The molecule has 1 nitrogen and oxygen atoms in total. The number of hydrogen-bond acceptors (Lipinski definition) is 2. The van der Waals surface area contributed by atoms with Crippen LogP contribution in [-0.4, -0.2) is 7.05 Å². The van der Waals surface area contributed by atoms with Gasteiger partial charge in [0.25, 0.3) is 0 Å². The molecule has 0 aliphatic rings. The zero-order valence-electron chi connectivity index (χ0n) is 9.91. The smallest absolute Gasteiger partial charge is 0.128 e. The maximum atomic E-state index is 13.7. The van der Waals surface area contributed by atoms with Gasteiger partial charge in [-0.2, -0.15) is 0 Å². The van der Waals surface area contributed by atoms with Crippen molar-refractivity contribution in [1.29, 1.82) is 0 Å². The molecule has 0 atom stereocenters. The second-order valence-corrected chi connectivity index (χ2v) is 5.36. The van der Waals surface area contributed by atoms with Gasteiger partial charge in [0, 0.05) is 26.9 Å². The average Bonchev–Trinajstić information content (AvgIpc) is 2.34. The minimum atomic E-state index is -0.184. The molecule has 2 rings (SSSR count). The van der Waals surface area contributed by atoms with Gasteiger partial charge in [0.05, 0.1) is 0 Å². The molecule has 0 bridgehead atoms. The monoisotopic (exact) mass is 281 g/mol. The van der Waals surface area contributed by atoms with E-state index in [1.54, 1.807) is 13.1 Å². The molecule has 2 aromatic carbocycles. The average molecular weight is 282 g/mol. The van der Waals surface area contributed by atoms with Gasteiger partial charge in [0.2, 0.25) is 0 Å². The van der Waals surface area contributed by atoms with Crippen molar-refractivity contribution in [3.8, 4) is 0 Å². The van der Waals surface area contributed by atoms with E-state index in [4.69, 9.17) is 11.6 Å². The number of benzene rings is 2. The third-order valence-electron chi connectivity index (χ3n) is 2.45. The van der Waals surface area contributed by atoms with Gasteiger partial charge >= 0.3 is 0 Å². The van der Waals surface area contributed by atoms with Gasteiger partial charge in [0.1, 0.15) is 5.82 Å². The van der Waals surface area contributed by atoms with Crippen molar-refractivity contribution in [2.24, 2.45) is 0 Å². The third-order valence-corrected chi connectivity index (χ3v) is 3.78. The molecule has 0 saturated carbocycles. The molecular formula is C14H13ClFNS. The van der Waals surface area contributed by atoms with Crippen molar-refractivity contribution in [2.75, 3.05) is 7.05 Å². The fourth-order valence-electron chi connectivity index (χ4n) is 1.64. The molecule has 18 heavy (non-hydrogen) atoms. The number of hydrogen-bond donors (Lipinski definition) is 1. The van der Waals surface area contributed by atoms with Crippen LogP contribution in [0.5, 0.6) is 0 Å². The summed E-state index contributed by atoms with van der Waals surface area (Å²) in [6.45, 7) is 0.509. The molecule has 0 unspecified atom stereocenters. The minimum absolute atomic E-state index is 0.184. The van der Waals surface area contributed by atoms with Crippen molar-refractivity contribution in [3.05, 3.63) is 58.9 Å². The fraction of sp³-hybridized carbons (Fsp3) is 0.143. The van der Waals surface area contributed by atoms with E-state index in [1.807, 2.05) is 30.3 Å². The SMILES string of the molecule is CNCc1c(F)cccc1Sc1cccc(Cl)c1. The van der Waals surface area contributed by atoms with Gasteiger partial charge in [-0.1, -0.05) is 35.5 Å². The van der Waals surface area contributed by atoms with Crippen molar-refractivity contribution in [3.63, 3.8) is 0 Å². The van der Waals surface area contributed by atoms with Crippen molar-refractivity contribution >= 4 is 23.4 Å². The molecule has 0 heterocycles. The predicted octanol–water partition coefficient (Wildman–Crippen LogP) is 4.35. The van der Waals surface area contributed by atoms with Crippen molar-refractivity contribution in [2.45, 2.75) is 16.3 Å². The van der Waals surface area contributed by atoms with Crippen LogP contribution in [0.2, 0.25) is 5.02 Å². The fourth-order valence-corrected chi connectivity index (χ4v) is 2.92. The number of nitrogens with one attached hydrogen (secondary N) is 1. The van der Waals surface area contributed by atoms with Crippen LogP contribution in [0.25, 0.3) is 0 Å². The lowest BCUT2D eigenvalue weighted by Gasteiger charge is -2.10. The summed E-state index contributed by atoms with van der Waals surface area (Å²) in [7, 11) is 1.81. The summed E-state index contributed by atoms with van der Waals surface area (Å²) in [5.74, 6) is -0.184. The maximum Gasteiger partial charge on any atom is 0.128 e. The molecular weight excluding hydrogens is 269 g/mol. The van der Waals surface area contributed by atoms with Gasteiger partial charge in [0.15, 0.2) is 0 Å². The Balaban J connectivity index is 2.31. The molecule has 0 aliphatic heterocycles. The van der Waals surface area contributed by atoms with Crippen LogP contribution in [0.15, 0.2) is 52.3 Å². The first-order chi connectivity index (χ1) is 8.70. The van der Waals surface area contributed by atoms with E-state index >= 15 is 0 Å². The van der Waals surface area contributed by atoms with E-state index in [2.05, 4.69) is 5.32 Å². The molecule has 2 aromatic rings. The van der Waals surface area contributed by atoms with E-state index in [0.717, 1.165) is 9.79 Å². The van der Waals surface area contributed by atoms with Crippen LogP contribution in [0.1, 0.15) is 5.56 Å². The first-order valence-corrected chi connectivity index (χ1v) is 6.75. The van der Waals surface area contributed by atoms with E-state index in [1.165, 1.54) is 17.8 Å². The second kappa shape index (κ2) is 6.23. The van der Waals surface area contributed by atoms with E-state index in [0.29, 0.717) is 17.1 Å². The second-order valence-electron chi connectivity index (χ2n) is 3.81. The molecule has 0 fully saturated rings. The van der Waals surface area contributed by atoms with Gasteiger partial charge in [-0.15, -0.1) is 0 Å². The molecule has 0 aromatic heterocycles. The summed E-state index contributed by atoms with van der Waals surface area (Å²) < 4.78 is 13.7. The molecule has 94 valence electrons. The van der Waals surface area contributed by atoms with Crippen LogP contribution in [0.4, 0.5) is 4.39 Å². The first kappa shape index (κ1) is 13.4. The Hall–Kier alpha value is -1.03. The van der Waals surface area contributed by atoms with Crippen molar-refractivity contribution in [1.82, 2.24) is 5.32 Å². The number of halogens is 2. The summed E-state index contributed by atoms with van der Waals surface area (Å²) in [5, 5.41) is 3.67. The summed E-state index contributed by atoms with van der Waals surface area (Å²) in [5.41, 5.74) is 0.685. The lowest BCUT2D eigenvalue weighted by atomic mass is 10.2. The normalized spacial score (nSPS) is 10.6. The zero-order valence-corrected chi connectivity index (χ0v) is 11.5. The summed E-state index contributed by atoms with van der Waals surface area (Å²) >= 11 is 7.46. The van der Waals surface area contributed by atoms with E-state index in [-0.39, 0.29) is 5.82 Å². The predicted molar refractivity (Wildman–Crippen MR) is 74.7 cm³/mol. The molecule has 0 aliphatic carbocycles. The number of rotatable bonds is 4. The molecule has 1 N–H and O–H groups in total. The molecule has 0 saturated heterocycles. The van der Waals surface area contributed by atoms with Gasteiger partial charge < -0.3 is 5.32 Å². The lowest BCUT2D eigenvalue weighted by Crippen LogP contribution is -2.08. The van der Waals surface area contributed by atoms with Crippen LogP contribution < -0.4 is 5.32 Å². The van der Waals surface area contributed by atoms with Gasteiger partial charge in [-0.25, -0.2) is 4.39 Å². The van der Waals surface area contributed by atoms with Gasteiger partial charge in [-0.3, -0.25) is 0 Å². The molecule has 4 heteroatoms. The third kappa shape index (κ3) is 3.25. The van der Waals surface area contributed by atoms with Crippen LogP contribution in [0, 0.1) is 5.82 Å². The van der Waals surface area contributed by atoms with E-state index in [9.17, 15) is 4.39 Å². The van der Waals surface area contributed by atoms with Crippen molar-refractivity contribution < 1.29 is 4.39 Å².